The lowest BCUT2D eigenvalue weighted by atomic mass is 10.2. The number of carbonyl (C=O) groups is 2. The molecule has 0 saturated heterocycles. The van der Waals surface area contributed by atoms with Crippen LogP contribution < -0.4 is 20.9 Å². The molecule has 7 heteroatoms. The average molecular weight is 335 g/mol. The van der Waals surface area contributed by atoms with E-state index in [0.29, 0.717) is 5.70 Å². The van der Waals surface area contributed by atoms with E-state index >= 15 is 0 Å². The number of nitrogens with one attached hydrogen (secondary N) is 3. The molecule has 0 heterocycles. The minimum absolute atomic E-state index is 0.101. The van der Waals surface area contributed by atoms with Crippen LogP contribution in [0.2, 0.25) is 0 Å². The zero-order valence-corrected chi connectivity index (χ0v) is 14.5. The van der Waals surface area contributed by atoms with Crippen molar-refractivity contribution in [1.29, 1.82) is 0 Å². The van der Waals surface area contributed by atoms with E-state index in [1.54, 1.807) is 26.2 Å². The van der Waals surface area contributed by atoms with Crippen molar-refractivity contribution >= 4 is 12.0 Å². The molecule has 0 aliphatic carbocycles. The zero-order chi connectivity index (χ0) is 17.9. The lowest BCUT2D eigenvalue weighted by Gasteiger charge is -2.11. The zero-order valence-electron chi connectivity index (χ0n) is 14.5. The van der Waals surface area contributed by atoms with Gasteiger partial charge in [-0.3, -0.25) is 4.79 Å². The van der Waals surface area contributed by atoms with Crippen molar-refractivity contribution in [2.45, 2.75) is 39.8 Å². The third-order valence-corrected chi connectivity index (χ3v) is 3.24. The Morgan fingerprint density at radius 1 is 1.21 bits per heavy atom. The van der Waals surface area contributed by atoms with Gasteiger partial charge in [0, 0.05) is 17.8 Å². The van der Waals surface area contributed by atoms with Crippen LogP contribution in [0.5, 0.6) is 5.75 Å². The summed E-state index contributed by atoms with van der Waals surface area (Å²) in [5.41, 5.74) is 6.31. The van der Waals surface area contributed by atoms with Gasteiger partial charge in [-0.25, -0.2) is 10.2 Å². The number of ether oxygens (including phenoxy) is 2. The monoisotopic (exact) mass is 335 g/mol. The molecule has 0 bridgehead atoms. The fourth-order valence-corrected chi connectivity index (χ4v) is 1.68. The van der Waals surface area contributed by atoms with Crippen LogP contribution in [0.25, 0.3) is 0 Å². The van der Waals surface area contributed by atoms with Crippen LogP contribution in [0, 0.1) is 0 Å². The van der Waals surface area contributed by atoms with Crippen molar-refractivity contribution in [2.75, 3.05) is 7.11 Å². The van der Waals surface area contributed by atoms with Crippen LogP contribution in [0.3, 0.4) is 0 Å². The van der Waals surface area contributed by atoms with E-state index in [1.807, 2.05) is 26.0 Å². The summed E-state index contributed by atoms with van der Waals surface area (Å²) in [6.45, 7) is 5.71. The maximum Gasteiger partial charge on any atom is 0.426 e. The molecule has 24 heavy (non-hydrogen) atoms. The van der Waals surface area contributed by atoms with Gasteiger partial charge in [-0.05, 0) is 38.0 Å². The molecule has 1 rings (SSSR count). The average Bonchev–Trinajstić information content (AvgIpc) is 2.58. The van der Waals surface area contributed by atoms with Crippen LogP contribution in [0.4, 0.5) is 4.79 Å². The van der Waals surface area contributed by atoms with Gasteiger partial charge in [0.05, 0.1) is 7.11 Å². The van der Waals surface area contributed by atoms with E-state index in [1.165, 1.54) is 6.08 Å². The van der Waals surface area contributed by atoms with Gasteiger partial charge in [0.2, 0.25) is 5.91 Å². The van der Waals surface area contributed by atoms with Gasteiger partial charge in [-0.15, -0.1) is 0 Å². The number of benzene rings is 1. The van der Waals surface area contributed by atoms with Crippen LogP contribution >= 0.6 is 0 Å². The lowest BCUT2D eigenvalue weighted by molar-refractivity contribution is -0.117. The third kappa shape index (κ3) is 7.53. The van der Waals surface area contributed by atoms with Crippen molar-refractivity contribution in [3.8, 4) is 5.75 Å². The molecule has 0 spiro atoms. The summed E-state index contributed by atoms with van der Waals surface area (Å²) in [7, 11) is 1.59. The SMILES string of the molecule is CCC(C)NC(=O)C=C(C)NNC(=O)OCc1ccc(OC)cc1. The highest BCUT2D eigenvalue weighted by molar-refractivity contribution is 5.88. The van der Waals surface area contributed by atoms with Crippen LogP contribution in [-0.4, -0.2) is 25.2 Å². The van der Waals surface area contributed by atoms with Crippen LogP contribution in [0.1, 0.15) is 32.8 Å². The second-order valence-electron chi connectivity index (χ2n) is 5.32. The Morgan fingerprint density at radius 2 is 1.88 bits per heavy atom. The highest BCUT2D eigenvalue weighted by atomic mass is 16.6. The van der Waals surface area contributed by atoms with Gasteiger partial charge in [-0.2, -0.15) is 0 Å². The van der Waals surface area contributed by atoms with Gasteiger partial charge in [0.15, 0.2) is 0 Å². The summed E-state index contributed by atoms with van der Waals surface area (Å²) < 4.78 is 10.1. The predicted molar refractivity (Wildman–Crippen MR) is 91.1 cm³/mol. The first-order chi connectivity index (χ1) is 11.4. The van der Waals surface area contributed by atoms with E-state index in [9.17, 15) is 9.59 Å². The largest absolute Gasteiger partial charge is 0.497 e. The number of rotatable bonds is 8. The maximum absolute atomic E-state index is 11.6. The normalized spacial score (nSPS) is 12.1. The Labute approximate surface area is 142 Å². The van der Waals surface area contributed by atoms with Crippen LogP contribution in [-0.2, 0) is 16.1 Å². The second-order valence-corrected chi connectivity index (χ2v) is 5.32. The third-order valence-electron chi connectivity index (χ3n) is 3.24. The molecule has 1 atom stereocenters. The number of hydrazine groups is 1. The number of allylic oxidation sites excluding steroid dienone is 1. The molecule has 7 nitrogen and oxygen atoms in total. The smallest absolute Gasteiger partial charge is 0.426 e. The highest BCUT2D eigenvalue weighted by Crippen LogP contribution is 2.11. The first-order valence-corrected chi connectivity index (χ1v) is 7.75. The number of hydrogen-bond acceptors (Lipinski definition) is 5. The van der Waals surface area contributed by atoms with Crippen molar-refractivity contribution in [3.05, 3.63) is 41.6 Å². The Bertz CT molecular complexity index is 570. The second kappa shape index (κ2) is 10.1. The minimum Gasteiger partial charge on any atom is -0.497 e. The minimum atomic E-state index is -0.638. The van der Waals surface area contributed by atoms with Crippen molar-refractivity contribution < 1.29 is 19.1 Å². The molecule has 3 N–H and O–H groups in total. The molecule has 0 saturated carbocycles. The summed E-state index contributed by atoms with van der Waals surface area (Å²) >= 11 is 0. The molecular weight excluding hydrogens is 310 g/mol. The number of hydrogen-bond donors (Lipinski definition) is 3. The summed E-state index contributed by atoms with van der Waals surface area (Å²) in [5, 5.41) is 2.79. The number of carbonyl (C=O) groups excluding carboxylic acids is 2. The lowest BCUT2D eigenvalue weighted by Crippen LogP contribution is -2.37. The molecule has 1 aromatic carbocycles. The molecule has 0 fully saturated rings. The highest BCUT2D eigenvalue weighted by Gasteiger charge is 2.05. The quantitative estimate of drug-likeness (QED) is 0.501. The molecule has 0 aromatic heterocycles. The standard InChI is InChI=1S/C17H25N3O4/c1-5-12(2)18-16(21)10-13(3)19-20-17(22)24-11-14-6-8-15(23-4)9-7-14/h6-10,12,19H,5,11H2,1-4H3,(H,18,21)(H,20,22). The van der Waals surface area contributed by atoms with E-state index in [2.05, 4.69) is 16.2 Å². The van der Waals surface area contributed by atoms with Gasteiger partial charge >= 0.3 is 6.09 Å². The Kier molecular flexibility index (Phi) is 8.18. The molecule has 0 radical (unpaired) electrons. The molecule has 132 valence electrons. The van der Waals surface area contributed by atoms with Crippen molar-refractivity contribution in [1.82, 2.24) is 16.2 Å². The number of amides is 2. The van der Waals surface area contributed by atoms with Gasteiger partial charge in [0.25, 0.3) is 0 Å². The van der Waals surface area contributed by atoms with Gasteiger partial charge in [0.1, 0.15) is 12.4 Å². The summed E-state index contributed by atoms with van der Waals surface area (Å²) in [6.07, 6.45) is 1.58. The van der Waals surface area contributed by atoms with Gasteiger partial charge < -0.3 is 20.2 Å². The molecule has 1 aromatic rings. The topological polar surface area (TPSA) is 88.7 Å². The fraction of sp³-hybridized carbons (Fsp3) is 0.412. The molecular formula is C17H25N3O4. The summed E-state index contributed by atoms with van der Waals surface area (Å²) in [6, 6.07) is 7.30. The van der Waals surface area contributed by atoms with Crippen molar-refractivity contribution in [3.63, 3.8) is 0 Å². The Balaban J connectivity index is 2.32. The van der Waals surface area contributed by atoms with E-state index < -0.39 is 6.09 Å². The predicted octanol–water partition coefficient (Wildman–Crippen LogP) is 2.24. The number of methoxy groups -OCH3 is 1. The summed E-state index contributed by atoms with van der Waals surface area (Å²) in [5.74, 6) is 0.518. The van der Waals surface area contributed by atoms with Gasteiger partial charge in [-0.1, -0.05) is 19.1 Å². The summed E-state index contributed by atoms with van der Waals surface area (Å²) in [4.78, 5) is 23.3. The first kappa shape index (κ1) is 19.3. The van der Waals surface area contributed by atoms with Crippen molar-refractivity contribution in [2.24, 2.45) is 0 Å². The molecule has 0 aliphatic rings. The Morgan fingerprint density at radius 3 is 2.46 bits per heavy atom. The molecule has 0 aliphatic heterocycles. The molecule has 2 amide bonds. The molecule has 1 unspecified atom stereocenters. The maximum atomic E-state index is 11.6. The fourth-order valence-electron chi connectivity index (χ4n) is 1.68. The van der Waals surface area contributed by atoms with Crippen LogP contribution in [0.15, 0.2) is 36.0 Å². The Hall–Kier alpha value is -2.70. The van der Waals surface area contributed by atoms with E-state index in [4.69, 9.17) is 9.47 Å². The van der Waals surface area contributed by atoms with E-state index in [0.717, 1.165) is 17.7 Å². The van der Waals surface area contributed by atoms with E-state index in [-0.39, 0.29) is 18.6 Å². The first-order valence-electron chi connectivity index (χ1n) is 7.75.